The number of hydrogen-bond acceptors (Lipinski definition) is 5. The van der Waals surface area contributed by atoms with Gasteiger partial charge in [0.05, 0.1) is 5.25 Å². The van der Waals surface area contributed by atoms with Crippen molar-refractivity contribution in [1.82, 2.24) is 5.32 Å². The fourth-order valence-corrected chi connectivity index (χ4v) is 4.89. The van der Waals surface area contributed by atoms with Crippen LogP contribution in [0.15, 0.2) is 114 Å². The highest BCUT2D eigenvalue weighted by Gasteiger charge is 2.17. The molecule has 0 aliphatic heterocycles. The molecule has 8 nitrogen and oxygen atoms in total. The molecule has 218 valence electrons. The van der Waals surface area contributed by atoms with E-state index in [0.717, 1.165) is 16.0 Å². The molecule has 9 heteroatoms. The van der Waals surface area contributed by atoms with E-state index < -0.39 is 17.1 Å². The minimum Gasteiger partial charge on any atom is -0.326 e. The third-order valence-electron chi connectivity index (χ3n) is 6.16. The first kappa shape index (κ1) is 30.8. The Labute approximate surface area is 255 Å². The molecule has 0 saturated heterocycles. The van der Waals surface area contributed by atoms with E-state index in [2.05, 4.69) is 21.3 Å². The topological polar surface area (TPSA) is 116 Å². The van der Waals surface area contributed by atoms with Gasteiger partial charge in [0.1, 0.15) is 5.70 Å². The number of benzene rings is 4. The van der Waals surface area contributed by atoms with E-state index in [0.29, 0.717) is 22.6 Å². The van der Waals surface area contributed by atoms with Crippen LogP contribution in [0.4, 0.5) is 17.1 Å². The molecule has 0 heterocycles. The predicted molar refractivity (Wildman–Crippen MR) is 173 cm³/mol. The average molecular weight is 593 g/mol. The lowest BCUT2D eigenvalue weighted by Crippen LogP contribution is -2.30. The Kier molecular flexibility index (Phi) is 10.5. The van der Waals surface area contributed by atoms with Gasteiger partial charge in [-0.3, -0.25) is 19.2 Å². The summed E-state index contributed by atoms with van der Waals surface area (Å²) in [4.78, 5) is 51.1. The molecule has 4 amide bonds. The largest absolute Gasteiger partial charge is 0.326 e. The fourth-order valence-electron chi connectivity index (χ4n) is 3.96. The maximum absolute atomic E-state index is 13.4. The minimum atomic E-state index is -0.486. The molecule has 43 heavy (non-hydrogen) atoms. The van der Waals surface area contributed by atoms with Crippen molar-refractivity contribution in [3.8, 4) is 0 Å². The Morgan fingerprint density at radius 1 is 0.721 bits per heavy atom. The van der Waals surface area contributed by atoms with Crippen LogP contribution in [0.25, 0.3) is 6.08 Å². The van der Waals surface area contributed by atoms with Gasteiger partial charge in [0.15, 0.2) is 0 Å². The summed E-state index contributed by atoms with van der Waals surface area (Å²) in [7, 11) is 0. The minimum absolute atomic E-state index is 0.0908. The predicted octanol–water partition coefficient (Wildman–Crippen LogP) is 6.48. The molecule has 0 fully saturated rings. The molecule has 0 bridgehead atoms. The molecule has 4 N–H and O–H groups in total. The summed E-state index contributed by atoms with van der Waals surface area (Å²) in [6, 6.07) is 30.3. The highest BCUT2D eigenvalue weighted by Crippen LogP contribution is 2.27. The summed E-state index contributed by atoms with van der Waals surface area (Å²) in [6.45, 7) is 5.19. The van der Waals surface area contributed by atoms with E-state index >= 15 is 0 Å². The lowest BCUT2D eigenvalue weighted by Gasteiger charge is -2.14. The summed E-state index contributed by atoms with van der Waals surface area (Å²) in [5.41, 5.74) is 4.13. The number of aryl methyl sites for hydroxylation is 1. The maximum Gasteiger partial charge on any atom is 0.272 e. The highest BCUT2D eigenvalue weighted by molar-refractivity contribution is 8.00. The number of thioether (sulfide) groups is 1. The zero-order chi connectivity index (χ0) is 30.8. The first-order valence-electron chi connectivity index (χ1n) is 13.6. The van der Waals surface area contributed by atoms with Crippen LogP contribution in [0.2, 0.25) is 0 Å². The second-order valence-electron chi connectivity index (χ2n) is 9.78. The molecule has 4 aromatic carbocycles. The molecule has 0 aliphatic rings. The molecule has 4 aromatic rings. The van der Waals surface area contributed by atoms with E-state index in [1.165, 1.54) is 18.7 Å². The maximum atomic E-state index is 13.4. The van der Waals surface area contributed by atoms with Gasteiger partial charge < -0.3 is 21.3 Å². The highest BCUT2D eigenvalue weighted by atomic mass is 32.2. The van der Waals surface area contributed by atoms with Gasteiger partial charge in [0, 0.05) is 34.4 Å². The summed E-state index contributed by atoms with van der Waals surface area (Å²) in [5.74, 6) is -1.25. The Hall–Kier alpha value is -5.15. The van der Waals surface area contributed by atoms with E-state index in [1.54, 1.807) is 79.7 Å². The van der Waals surface area contributed by atoms with E-state index in [-0.39, 0.29) is 17.5 Å². The van der Waals surface area contributed by atoms with Crippen LogP contribution in [0, 0.1) is 6.92 Å². The lowest BCUT2D eigenvalue weighted by atomic mass is 10.1. The van der Waals surface area contributed by atoms with Gasteiger partial charge >= 0.3 is 0 Å². The summed E-state index contributed by atoms with van der Waals surface area (Å²) in [5, 5.41) is 10.7. The van der Waals surface area contributed by atoms with Crippen LogP contribution in [0.3, 0.4) is 0 Å². The number of carbonyl (C=O) groups excluding carboxylic acids is 4. The summed E-state index contributed by atoms with van der Waals surface area (Å²) < 4.78 is 0. The lowest BCUT2D eigenvalue weighted by molar-refractivity contribution is -0.115. The fraction of sp³-hybridized carbons (Fsp3) is 0.118. The van der Waals surface area contributed by atoms with E-state index in [1.807, 2.05) is 43.3 Å². The van der Waals surface area contributed by atoms with Crippen LogP contribution in [0.1, 0.15) is 35.3 Å². The quantitative estimate of drug-likeness (QED) is 0.124. The molecular weight excluding hydrogens is 560 g/mol. The second kappa shape index (κ2) is 14.7. The number of nitrogens with one attached hydrogen (secondary N) is 4. The zero-order valence-electron chi connectivity index (χ0n) is 24.0. The van der Waals surface area contributed by atoms with Gasteiger partial charge in [-0.05, 0) is 80.1 Å². The van der Waals surface area contributed by atoms with Crippen molar-refractivity contribution in [2.75, 3.05) is 16.0 Å². The smallest absolute Gasteiger partial charge is 0.272 e. The van der Waals surface area contributed by atoms with Gasteiger partial charge in [-0.15, -0.1) is 11.8 Å². The molecule has 0 saturated carbocycles. The molecular formula is C34H32N4O4S. The van der Waals surface area contributed by atoms with Gasteiger partial charge in [-0.25, -0.2) is 0 Å². The van der Waals surface area contributed by atoms with Crippen LogP contribution in [-0.4, -0.2) is 28.9 Å². The summed E-state index contributed by atoms with van der Waals surface area (Å²) in [6.07, 6.45) is 1.63. The molecule has 1 unspecified atom stereocenters. The van der Waals surface area contributed by atoms with Crippen molar-refractivity contribution in [2.24, 2.45) is 0 Å². The first-order valence-corrected chi connectivity index (χ1v) is 14.5. The number of hydrogen-bond donors (Lipinski definition) is 4. The number of rotatable bonds is 10. The van der Waals surface area contributed by atoms with Crippen LogP contribution < -0.4 is 21.3 Å². The van der Waals surface area contributed by atoms with Gasteiger partial charge in [-0.1, -0.05) is 54.1 Å². The summed E-state index contributed by atoms with van der Waals surface area (Å²) >= 11 is 1.34. The zero-order valence-corrected chi connectivity index (χ0v) is 24.8. The van der Waals surface area contributed by atoms with Gasteiger partial charge in [-0.2, -0.15) is 0 Å². The third-order valence-corrected chi connectivity index (χ3v) is 7.26. The standard InChI is InChI=1S/C34H32N4O4S/c1-22-12-14-25(15-13-22)20-31(38-33(41)26-8-5-4-6-9-26)34(42)37-29-10-7-11-30(21-29)43-23(2)32(40)36-28-18-16-27(17-19-28)35-24(3)39/h4-21,23H,1-3H3,(H,35,39)(H,36,40)(H,37,42)(H,38,41)/b31-20-. The SMILES string of the molecule is CC(=O)Nc1ccc(NC(=O)C(C)Sc2cccc(NC(=O)/C(=C/c3ccc(C)cc3)NC(=O)c3ccccc3)c2)cc1. The van der Waals surface area contributed by atoms with E-state index in [4.69, 9.17) is 0 Å². The van der Waals surface area contributed by atoms with Gasteiger partial charge in [0.25, 0.3) is 11.8 Å². The van der Waals surface area contributed by atoms with Crippen molar-refractivity contribution in [2.45, 2.75) is 30.9 Å². The molecule has 4 rings (SSSR count). The van der Waals surface area contributed by atoms with Crippen LogP contribution in [0.5, 0.6) is 0 Å². The number of amides is 4. The number of carbonyl (C=O) groups is 4. The Bertz CT molecular complexity index is 1640. The Morgan fingerprint density at radius 2 is 1.37 bits per heavy atom. The molecule has 1 atom stereocenters. The van der Waals surface area contributed by atoms with Crippen molar-refractivity contribution >= 4 is 58.5 Å². The van der Waals surface area contributed by atoms with Crippen molar-refractivity contribution in [3.63, 3.8) is 0 Å². The van der Waals surface area contributed by atoms with Crippen molar-refractivity contribution in [1.29, 1.82) is 0 Å². The Balaban J connectivity index is 1.43. The molecule has 0 spiro atoms. The van der Waals surface area contributed by atoms with Crippen LogP contribution in [-0.2, 0) is 14.4 Å². The molecule has 0 aliphatic carbocycles. The Morgan fingerprint density at radius 3 is 2.02 bits per heavy atom. The third kappa shape index (κ3) is 9.44. The van der Waals surface area contributed by atoms with Crippen molar-refractivity contribution < 1.29 is 19.2 Å². The monoisotopic (exact) mass is 592 g/mol. The first-order chi connectivity index (χ1) is 20.7. The second-order valence-corrected chi connectivity index (χ2v) is 11.2. The molecule has 0 radical (unpaired) electrons. The van der Waals surface area contributed by atoms with Crippen molar-refractivity contribution in [3.05, 3.63) is 126 Å². The number of anilines is 3. The van der Waals surface area contributed by atoms with Crippen LogP contribution >= 0.6 is 11.8 Å². The van der Waals surface area contributed by atoms with E-state index in [9.17, 15) is 19.2 Å². The van der Waals surface area contributed by atoms with Gasteiger partial charge in [0.2, 0.25) is 11.8 Å². The normalized spacial score (nSPS) is 11.7. The average Bonchev–Trinajstić information content (AvgIpc) is 2.99. The molecule has 0 aromatic heterocycles.